The maximum atomic E-state index is 6.14. The predicted molar refractivity (Wildman–Crippen MR) is 81.8 cm³/mol. The zero-order valence-corrected chi connectivity index (χ0v) is 12.5. The highest BCUT2D eigenvalue weighted by atomic mass is 35.5. The van der Waals surface area contributed by atoms with Crippen molar-refractivity contribution in [2.75, 3.05) is 12.4 Å². The number of methoxy groups -OCH3 is 1. The molecule has 5 heteroatoms. The van der Waals surface area contributed by atoms with Gasteiger partial charge in [0.05, 0.1) is 22.8 Å². The molecule has 0 amide bonds. The molecule has 0 aliphatic heterocycles. The van der Waals surface area contributed by atoms with Crippen LogP contribution in [-0.4, -0.2) is 7.11 Å². The fourth-order valence-electron chi connectivity index (χ4n) is 1.69. The largest absolute Gasteiger partial charge is 0.495 e. The smallest absolute Gasteiger partial charge is 0.142 e. The molecule has 2 aromatic rings. The van der Waals surface area contributed by atoms with Crippen molar-refractivity contribution in [3.8, 4) is 5.75 Å². The first-order valence-electron chi connectivity index (χ1n) is 5.62. The summed E-state index contributed by atoms with van der Waals surface area (Å²) in [7, 11) is 1.61. The maximum absolute atomic E-state index is 6.14. The number of benzene rings is 2. The van der Waals surface area contributed by atoms with Gasteiger partial charge in [-0.25, -0.2) is 0 Å². The molecule has 2 nitrogen and oxygen atoms in total. The molecule has 100 valence electrons. The first-order valence-corrected chi connectivity index (χ1v) is 6.75. The highest BCUT2D eigenvalue weighted by Gasteiger charge is 2.07. The predicted octanol–water partition coefficient (Wildman–Crippen LogP) is 5.27. The lowest BCUT2D eigenvalue weighted by molar-refractivity contribution is 0.416. The fraction of sp³-hybridized carbons (Fsp3) is 0.143. The van der Waals surface area contributed by atoms with Crippen LogP contribution in [0.2, 0.25) is 15.1 Å². The van der Waals surface area contributed by atoms with Gasteiger partial charge in [-0.05, 0) is 29.8 Å². The van der Waals surface area contributed by atoms with Crippen LogP contribution < -0.4 is 10.1 Å². The number of hydrogen-bond acceptors (Lipinski definition) is 2. The van der Waals surface area contributed by atoms with Crippen molar-refractivity contribution < 1.29 is 4.74 Å². The number of anilines is 1. The lowest BCUT2D eigenvalue weighted by atomic mass is 10.2. The molecule has 0 atom stereocenters. The van der Waals surface area contributed by atoms with Crippen LogP contribution in [0.15, 0.2) is 36.4 Å². The summed E-state index contributed by atoms with van der Waals surface area (Å²) in [6.07, 6.45) is 0. The van der Waals surface area contributed by atoms with Crippen LogP contribution in [0, 0.1) is 0 Å². The Bertz CT molecular complexity index is 587. The van der Waals surface area contributed by atoms with E-state index in [1.165, 1.54) is 0 Å². The first-order chi connectivity index (χ1) is 9.11. The summed E-state index contributed by atoms with van der Waals surface area (Å²) in [6.45, 7) is 0.538. The van der Waals surface area contributed by atoms with E-state index in [9.17, 15) is 0 Å². The molecule has 0 spiro atoms. The Labute approximate surface area is 127 Å². The molecule has 1 N–H and O–H groups in total. The van der Waals surface area contributed by atoms with Gasteiger partial charge in [-0.2, -0.15) is 0 Å². The van der Waals surface area contributed by atoms with E-state index in [4.69, 9.17) is 39.5 Å². The molecule has 0 aliphatic carbocycles. The second kappa shape index (κ2) is 6.38. The minimum atomic E-state index is 0.538. The topological polar surface area (TPSA) is 21.3 Å². The zero-order valence-electron chi connectivity index (χ0n) is 10.2. The molecule has 0 bridgehead atoms. The Kier molecular flexibility index (Phi) is 4.81. The molecular weight excluding hydrogens is 305 g/mol. The van der Waals surface area contributed by atoms with Gasteiger partial charge in [0.15, 0.2) is 0 Å². The Balaban J connectivity index is 2.18. The van der Waals surface area contributed by atoms with Crippen LogP contribution in [0.25, 0.3) is 0 Å². The minimum absolute atomic E-state index is 0.538. The molecule has 0 saturated heterocycles. The summed E-state index contributed by atoms with van der Waals surface area (Å²) in [5, 5.41) is 4.97. The Morgan fingerprint density at radius 1 is 1.11 bits per heavy atom. The molecule has 0 unspecified atom stereocenters. The molecule has 0 aromatic heterocycles. The average molecular weight is 317 g/mol. The first kappa shape index (κ1) is 14.3. The van der Waals surface area contributed by atoms with E-state index in [1.807, 2.05) is 18.2 Å². The van der Waals surface area contributed by atoms with Gasteiger partial charge in [0.2, 0.25) is 0 Å². The lowest BCUT2D eigenvalue weighted by Crippen LogP contribution is -2.02. The van der Waals surface area contributed by atoms with Crippen molar-refractivity contribution >= 4 is 40.5 Å². The second-order valence-corrected chi connectivity index (χ2v) is 5.13. The maximum Gasteiger partial charge on any atom is 0.142 e. The van der Waals surface area contributed by atoms with Crippen molar-refractivity contribution in [1.29, 1.82) is 0 Å². The lowest BCUT2D eigenvalue weighted by Gasteiger charge is -2.12. The van der Waals surface area contributed by atoms with Crippen molar-refractivity contribution in [1.82, 2.24) is 0 Å². The number of hydrogen-bond donors (Lipinski definition) is 1. The minimum Gasteiger partial charge on any atom is -0.495 e. The van der Waals surface area contributed by atoms with Gasteiger partial charge in [-0.1, -0.05) is 46.9 Å². The summed E-state index contributed by atoms with van der Waals surface area (Å²) in [4.78, 5) is 0. The third kappa shape index (κ3) is 3.47. The van der Waals surface area contributed by atoms with Gasteiger partial charge in [-0.15, -0.1) is 0 Å². The van der Waals surface area contributed by atoms with Gasteiger partial charge in [-0.3, -0.25) is 0 Å². The van der Waals surface area contributed by atoms with Crippen LogP contribution in [0.1, 0.15) is 5.56 Å². The van der Waals surface area contributed by atoms with E-state index in [2.05, 4.69) is 5.32 Å². The van der Waals surface area contributed by atoms with E-state index in [1.54, 1.807) is 25.3 Å². The molecule has 0 fully saturated rings. The molecule has 0 radical (unpaired) electrons. The van der Waals surface area contributed by atoms with E-state index in [0.717, 1.165) is 17.0 Å². The summed E-state index contributed by atoms with van der Waals surface area (Å²) in [6, 6.07) is 10.9. The van der Waals surface area contributed by atoms with E-state index in [0.29, 0.717) is 21.6 Å². The highest BCUT2D eigenvalue weighted by molar-refractivity contribution is 6.42. The van der Waals surface area contributed by atoms with Crippen molar-refractivity contribution in [2.24, 2.45) is 0 Å². The highest BCUT2D eigenvalue weighted by Crippen LogP contribution is 2.30. The molecule has 19 heavy (non-hydrogen) atoms. The second-order valence-electron chi connectivity index (χ2n) is 3.91. The van der Waals surface area contributed by atoms with Crippen LogP contribution in [0.5, 0.6) is 5.75 Å². The zero-order chi connectivity index (χ0) is 13.8. The van der Waals surface area contributed by atoms with E-state index >= 15 is 0 Å². The fourth-order valence-corrected chi connectivity index (χ4v) is 2.25. The standard InChI is InChI=1S/C14H12Cl3NO/c1-19-13-6-5-10(15)7-12(13)18-8-9-3-2-4-11(16)14(9)17/h2-7,18H,8H2,1H3. The molecule has 0 heterocycles. The van der Waals surface area contributed by atoms with Crippen LogP contribution >= 0.6 is 34.8 Å². The monoisotopic (exact) mass is 315 g/mol. The van der Waals surface area contributed by atoms with E-state index < -0.39 is 0 Å². The number of halogens is 3. The van der Waals surface area contributed by atoms with Crippen molar-refractivity contribution in [2.45, 2.75) is 6.54 Å². The Morgan fingerprint density at radius 2 is 1.89 bits per heavy atom. The van der Waals surface area contributed by atoms with Crippen LogP contribution in [0.4, 0.5) is 5.69 Å². The summed E-state index contributed by atoms with van der Waals surface area (Å²) in [5.74, 6) is 0.725. The SMILES string of the molecule is COc1ccc(Cl)cc1NCc1cccc(Cl)c1Cl. The van der Waals surface area contributed by atoms with E-state index in [-0.39, 0.29) is 0 Å². The summed E-state index contributed by atoms with van der Waals surface area (Å²) < 4.78 is 5.26. The summed E-state index contributed by atoms with van der Waals surface area (Å²) in [5.41, 5.74) is 1.72. The quantitative estimate of drug-likeness (QED) is 0.830. The summed E-state index contributed by atoms with van der Waals surface area (Å²) >= 11 is 18.1. The molecule has 0 aliphatic rings. The third-order valence-electron chi connectivity index (χ3n) is 2.66. The van der Waals surface area contributed by atoms with Gasteiger partial charge in [0.25, 0.3) is 0 Å². The van der Waals surface area contributed by atoms with Gasteiger partial charge in [0, 0.05) is 11.6 Å². The molecular formula is C14H12Cl3NO. The van der Waals surface area contributed by atoms with Gasteiger partial charge in [0.1, 0.15) is 5.75 Å². The molecule has 2 aromatic carbocycles. The van der Waals surface area contributed by atoms with Crippen molar-refractivity contribution in [3.63, 3.8) is 0 Å². The third-order valence-corrected chi connectivity index (χ3v) is 3.76. The Morgan fingerprint density at radius 3 is 2.63 bits per heavy atom. The number of rotatable bonds is 4. The molecule has 2 rings (SSSR count). The number of ether oxygens (including phenoxy) is 1. The Hall–Kier alpha value is -1.09. The average Bonchev–Trinajstić information content (AvgIpc) is 2.40. The number of nitrogens with one attached hydrogen (secondary N) is 1. The van der Waals surface area contributed by atoms with Crippen LogP contribution in [-0.2, 0) is 6.54 Å². The van der Waals surface area contributed by atoms with Gasteiger partial charge >= 0.3 is 0 Å². The van der Waals surface area contributed by atoms with Crippen molar-refractivity contribution in [3.05, 3.63) is 57.0 Å². The molecule has 0 saturated carbocycles. The van der Waals surface area contributed by atoms with Crippen LogP contribution in [0.3, 0.4) is 0 Å². The normalized spacial score (nSPS) is 10.3. The van der Waals surface area contributed by atoms with Gasteiger partial charge < -0.3 is 10.1 Å².